The maximum Gasteiger partial charge on any atom is 0.233 e. The van der Waals surface area contributed by atoms with Gasteiger partial charge in [0.2, 0.25) is 5.91 Å². The third kappa shape index (κ3) is 2.32. The minimum atomic E-state index is -0.0217. The van der Waals surface area contributed by atoms with Crippen molar-refractivity contribution < 1.29 is 4.79 Å². The number of H-pyrrole nitrogens is 1. The van der Waals surface area contributed by atoms with Crippen LogP contribution < -0.4 is 10.6 Å². The fourth-order valence-corrected chi connectivity index (χ4v) is 2.68. The van der Waals surface area contributed by atoms with Gasteiger partial charge in [0.05, 0.1) is 13.0 Å². The SMILES string of the molecule is Nc1nc(-c2ccn[nH]2)nc2c1CC(=O)N2Cc1ccccc1. The molecule has 3 heterocycles. The van der Waals surface area contributed by atoms with Crippen LogP contribution in [0, 0.1) is 0 Å². The zero-order valence-corrected chi connectivity index (χ0v) is 12.2. The van der Waals surface area contributed by atoms with Crippen LogP contribution in [0.15, 0.2) is 42.6 Å². The molecule has 0 bridgehead atoms. The van der Waals surface area contributed by atoms with Gasteiger partial charge < -0.3 is 5.73 Å². The molecule has 0 atom stereocenters. The Balaban J connectivity index is 1.76. The first-order chi connectivity index (χ1) is 11.2. The number of carbonyl (C=O) groups is 1. The van der Waals surface area contributed by atoms with E-state index < -0.39 is 0 Å². The number of nitrogens with one attached hydrogen (secondary N) is 1. The van der Waals surface area contributed by atoms with Crippen molar-refractivity contribution >= 4 is 17.5 Å². The molecule has 0 aliphatic carbocycles. The van der Waals surface area contributed by atoms with Crippen molar-refractivity contribution in [3.63, 3.8) is 0 Å². The van der Waals surface area contributed by atoms with Crippen LogP contribution in [0.5, 0.6) is 0 Å². The Hall–Kier alpha value is -3.22. The highest BCUT2D eigenvalue weighted by Crippen LogP contribution is 2.33. The van der Waals surface area contributed by atoms with Crippen molar-refractivity contribution in [1.82, 2.24) is 20.2 Å². The Kier molecular flexibility index (Phi) is 3.04. The molecule has 1 aromatic carbocycles. The van der Waals surface area contributed by atoms with E-state index >= 15 is 0 Å². The highest BCUT2D eigenvalue weighted by Gasteiger charge is 2.32. The molecular formula is C16H14N6O. The lowest BCUT2D eigenvalue weighted by Crippen LogP contribution is -2.26. The van der Waals surface area contributed by atoms with Gasteiger partial charge in [-0.25, -0.2) is 9.97 Å². The van der Waals surface area contributed by atoms with Gasteiger partial charge in [-0.1, -0.05) is 30.3 Å². The predicted octanol–water partition coefficient (Wildman–Crippen LogP) is 1.54. The van der Waals surface area contributed by atoms with Gasteiger partial charge in [-0.15, -0.1) is 0 Å². The van der Waals surface area contributed by atoms with Crippen LogP contribution in [0.25, 0.3) is 11.5 Å². The zero-order chi connectivity index (χ0) is 15.8. The first-order valence-corrected chi connectivity index (χ1v) is 7.23. The Bertz CT molecular complexity index is 860. The molecule has 1 aliphatic heterocycles. The van der Waals surface area contributed by atoms with Crippen molar-refractivity contribution in [3.8, 4) is 11.5 Å². The molecule has 7 heteroatoms. The number of benzene rings is 1. The number of nitrogens with two attached hydrogens (primary N) is 1. The first-order valence-electron chi connectivity index (χ1n) is 7.23. The molecule has 0 radical (unpaired) electrons. The molecule has 1 amide bonds. The van der Waals surface area contributed by atoms with Gasteiger partial charge in [-0.05, 0) is 11.6 Å². The minimum absolute atomic E-state index is 0.0217. The second-order valence-corrected chi connectivity index (χ2v) is 5.35. The van der Waals surface area contributed by atoms with Crippen LogP contribution in [-0.4, -0.2) is 26.1 Å². The smallest absolute Gasteiger partial charge is 0.233 e. The number of hydrogen-bond donors (Lipinski definition) is 2. The fourth-order valence-electron chi connectivity index (χ4n) is 2.68. The topological polar surface area (TPSA) is 101 Å². The number of nitrogens with zero attached hydrogens (tertiary/aromatic N) is 4. The van der Waals surface area contributed by atoms with E-state index in [-0.39, 0.29) is 12.3 Å². The van der Waals surface area contributed by atoms with Crippen LogP contribution in [0.4, 0.5) is 11.6 Å². The van der Waals surface area contributed by atoms with Crippen molar-refractivity contribution in [2.24, 2.45) is 0 Å². The molecule has 23 heavy (non-hydrogen) atoms. The molecule has 7 nitrogen and oxygen atoms in total. The second kappa shape index (κ2) is 5.20. The maximum absolute atomic E-state index is 12.4. The van der Waals surface area contributed by atoms with Crippen molar-refractivity contribution in [2.75, 3.05) is 10.6 Å². The molecule has 114 valence electrons. The van der Waals surface area contributed by atoms with Crippen LogP contribution in [0.2, 0.25) is 0 Å². The highest BCUT2D eigenvalue weighted by molar-refractivity contribution is 6.01. The minimum Gasteiger partial charge on any atom is -0.383 e. The van der Waals surface area contributed by atoms with Gasteiger partial charge in [-0.2, -0.15) is 5.10 Å². The molecule has 0 unspecified atom stereocenters. The summed E-state index contributed by atoms with van der Waals surface area (Å²) in [6.07, 6.45) is 1.85. The van der Waals surface area contributed by atoms with Crippen LogP contribution in [-0.2, 0) is 17.8 Å². The van der Waals surface area contributed by atoms with Gasteiger partial charge in [0.15, 0.2) is 5.82 Å². The van der Waals surface area contributed by atoms with Gasteiger partial charge in [-0.3, -0.25) is 14.8 Å². The summed E-state index contributed by atoms with van der Waals surface area (Å²) in [5.41, 5.74) is 8.42. The Morgan fingerprint density at radius 2 is 2.00 bits per heavy atom. The molecule has 0 saturated carbocycles. The van der Waals surface area contributed by atoms with Gasteiger partial charge in [0, 0.05) is 11.8 Å². The number of carbonyl (C=O) groups excluding carboxylic acids is 1. The van der Waals surface area contributed by atoms with E-state index in [2.05, 4.69) is 20.2 Å². The number of nitrogen functional groups attached to an aromatic ring is 1. The average molecular weight is 306 g/mol. The zero-order valence-electron chi connectivity index (χ0n) is 12.2. The van der Waals surface area contributed by atoms with Crippen molar-refractivity contribution in [2.45, 2.75) is 13.0 Å². The number of hydrogen-bond acceptors (Lipinski definition) is 5. The molecule has 1 aliphatic rings. The van der Waals surface area contributed by atoms with Gasteiger partial charge in [0.25, 0.3) is 0 Å². The molecular weight excluding hydrogens is 292 g/mol. The third-order valence-corrected chi connectivity index (χ3v) is 3.83. The van der Waals surface area contributed by atoms with Gasteiger partial charge in [0.1, 0.15) is 17.3 Å². The van der Waals surface area contributed by atoms with E-state index in [0.717, 1.165) is 5.56 Å². The summed E-state index contributed by atoms with van der Waals surface area (Å²) in [4.78, 5) is 22.8. The molecule has 4 rings (SSSR count). The molecule has 3 N–H and O–H groups in total. The van der Waals surface area contributed by atoms with Crippen LogP contribution in [0.1, 0.15) is 11.1 Å². The first kappa shape index (κ1) is 13.4. The largest absolute Gasteiger partial charge is 0.383 e. The van der Waals surface area contributed by atoms with Crippen molar-refractivity contribution in [3.05, 3.63) is 53.7 Å². The number of aromatic amines is 1. The highest BCUT2D eigenvalue weighted by atomic mass is 16.2. The maximum atomic E-state index is 12.4. The van der Waals surface area contributed by atoms with E-state index in [4.69, 9.17) is 5.73 Å². The Labute approximate surface area is 132 Å². The quantitative estimate of drug-likeness (QED) is 0.764. The van der Waals surface area contributed by atoms with E-state index in [1.54, 1.807) is 17.2 Å². The standard InChI is InChI=1S/C16H14N6O/c17-14-11-8-13(23)22(9-10-4-2-1-3-5-10)16(11)20-15(19-14)12-6-7-18-21-12/h1-7H,8-9H2,(H,18,21)(H2,17,19,20). The van der Waals surface area contributed by atoms with Crippen molar-refractivity contribution in [1.29, 1.82) is 0 Å². The molecule has 0 spiro atoms. The summed E-state index contributed by atoms with van der Waals surface area (Å²) in [6, 6.07) is 11.6. The van der Waals surface area contributed by atoms with Crippen LogP contribution in [0.3, 0.4) is 0 Å². The lowest BCUT2D eigenvalue weighted by molar-refractivity contribution is -0.117. The number of anilines is 2. The predicted molar refractivity (Wildman–Crippen MR) is 85.4 cm³/mol. The lowest BCUT2D eigenvalue weighted by atomic mass is 10.2. The summed E-state index contributed by atoms with van der Waals surface area (Å²) in [5, 5.41) is 6.71. The average Bonchev–Trinajstić information content (AvgIpc) is 3.19. The lowest BCUT2D eigenvalue weighted by Gasteiger charge is -2.17. The fraction of sp³-hybridized carbons (Fsp3) is 0.125. The summed E-state index contributed by atoms with van der Waals surface area (Å²) in [5.74, 6) is 1.33. The van der Waals surface area contributed by atoms with E-state index in [1.165, 1.54) is 0 Å². The van der Waals surface area contributed by atoms with E-state index in [1.807, 2.05) is 30.3 Å². The Morgan fingerprint density at radius 1 is 1.17 bits per heavy atom. The number of aromatic nitrogens is 4. The molecule has 2 aromatic heterocycles. The number of rotatable bonds is 3. The van der Waals surface area contributed by atoms with E-state index in [9.17, 15) is 4.79 Å². The van der Waals surface area contributed by atoms with E-state index in [0.29, 0.717) is 35.3 Å². The van der Waals surface area contributed by atoms with Gasteiger partial charge >= 0.3 is 0 Å². The van der Waals surface area contributed by atoms with Crippen LogP contribution >= 0.6 is 0 Å². The molecule has 0 fully saturated rings. The summed E-state index contributed by atoms with van der Waals surface area (Å²) < 4.78 is 0. The Morgan fingerprint density at radius 3 is 2.74 bits per heavy atom. The monoisotopic (exact) mass is 306 g/mol. The third-order valence-electron chi connectivity index (χ3n) is 3.83. The summed E-state index contributed by atoms with van der Waals surface area (Å²) >= 11 is 0. The summed E-state index contributed by atoms with van der Waals surface area (Å²) in [7, 11) is 0. The normalized spacial score (nSPS) is 13.4. The number of amides is 1. The summed E-state index contributed by atoms with van der Waals surface area (Å²) in [6.45, 7) is 0.464. The second-order valence-electron chi connectivity index (χ2n) is 5.35. The molecule has 0 saturated heterocycles. The molecule has 3 aromatic rings. The number of fused-ring (bicyclic) bond motifs is 1.